The van der Waals surface area contributed by atoms with Gasteiger partial charge in [0.1, 0.15) is 0 Å². The van der Waals surface area contributed by atoms with E-state index >= 15 is 0 Å². The molecule has 0 spiro atoms. The van der Waals surface area contributed by atoms with Gasteiger partial charge in [0.2, 0.25) is 0 Å². The standard InChI is InChI=1S/C13H19NS/c1-10-3-2-4-13(7-10)15-9-12(14)8-11-5-6-11/h2-4,7,11-12H,5-6,8-9,14H2,1H3. The molecule has 0 saturated heterocycles. The van der Waals surface area contributed by atoms with E-state index < -0.39 is 0 Å². The summed E-state index contributed by atoms with van der Waals surface area (Å²) in [7, 11) is 0. The van der Waals surface area contributed by atoms with Gasteiger partial charge in [0, 0.05) is 16.7 Å². The molecule has 1 aromatic rings. The van der Waals surface area contributed by atoms with Gasteiger partial charge >= 0.3 is 0 Å². The van der Waals surface area contributed by atoms with Gasteiger partial charge in [-0.2, -0.15) is 0 Å². The minimum Gasteiger partial charge on any atom is -0.327 e. The molecule has 82 valence electrons. The Morgan fingerprint density at radius 2 is 2.27 bits per heavy atom. The molecule has 1 fully saturated rings. The molecule has 1 atom stereocenters. The van der Waals surface area contributed by atoms with Crippen LogP contribution in [0, 0.1) is 12.8 Å². The highest BCUT2D eigenvalue weighted by atomic mass is 32.2. The Morgan fingerprint density at radius 1 is 1.47 bits per heavy atom. The summed E-state index contributed by atoms with van der Waals surface area (Å²) in [5, 5.41) is 0. The fraction of sp³-hybridized carbons (Fsp3) is 0.538. The molecule has 0 amide bonds. The van der Waals surface area contributed by atoms with Crippen molar-refractivity contribution in [2.45, 2.75) is 37.1 Å². The zero-order chi connectivity index (χ0) is 10.7. The van der Waals surface area contributed by atoms with Crippen LogP contribution in [0.3, 0.4) is 0 Å². The van der Waals surface area contributed by atoms with Crippen LogP contribution in [-0.4, -0.2) is 11.8 Å². The molecular formula is C13H19NS. The van der Waals surface area contributed by atoms with Gasteiger partial charge in [-0.1, -0.05) is 30.5 Å². The van der Waals surface area contributed by atoms with Crippen molar-refractivity contribution in [2.75, 3.05) is 5.75 Å². The first-order valence-corrected chi connectivity index (χ1v) is 6.67. The molecule has 2 rings (SSSR count). The minimum absolute atomic E-state index is 0.378. The first-order chi connectivity index (χ1) is 7.24. The number of hydrogen-bond donors (Lipinski definition) is 1. The van der Waals surface area contributed by atoms with Gasteiger partial charge in [0.05, 0.1) is 0 Å². The summed E-state index contributed by atoms with van der Waals surface area (Å²) in [4.78, 5) is 1.35. The van der Waals surface area contributed by atoms with Gasteiger partial charge in [-0.25, -0.2) is 0 Å². The van der Waals surface area contributed by atoms with Crippen LogP contribution in [0.1, 0.15) is 24.8 Å². The summed E-state index contributed by atoms with van der Waals surface area (Å²) in [5.41, 5.74) is 7.41. The van der Waals surface area contributed by atoms with Crippen LogP contribution in [0.4, 0.5) is 0 Å². The van der Waals surface area contributed by atoms with Gasteiger partial charge in [-0.3, -0.25) is 0 Å². The van der Waals surface area contributed by atoms with Crippen LogP contribution in [0.5, 0.6) is 0 Å². The SMILES string of the molecule is Cc1cccc(SCC(N)CC2CC2)c1. The van der Waals surface area contributed by atoms with Crippen molar-refractivity contribution in [1.29, 1.82) is 0 Å². The molecule has 0 aromatic heterocycles. The summed E-state index contributed by atoms with van der Waals surface area (Å²) < 4.78 is 0. The zero-order valence-electron chi connectivity index (χ0n) is 9.28. The van der Waals surface area contributed by atoms with Crippen molar-refractivity contribution < 1.29 is 0 Å². The molecule has 1 aromatic carbocycles. The van der Waals surface area contributed by atoms with Crippen molar-refractivity contribution in [3.63, 3.8) is 0 Å². The van der Waals surface area contributed by atoms with Crippen LogP contribution in [-0.2, 0) is 0 Å². The monoisotopic (exact) mass is 221 g/mol. The fourth-order valence-electron chi connectivity index (χ4n) is 1.76. The maximum Gasteiger partial charge on any atom is 0.0136 e. The molecule has 0 radical (unpaired) electrons. The highest BCUT2D eigenvalue weighted by Crippen LogP contribution is 2.34. The first kappa shape index (κ1) is 11.0. The summed E-state index contributed by atoms with van der Waals surface area (Å²) in [6.45, 7) is 2.13. The summed E-state index contributed by atoms with van der Waals surface area (Å²) >= 11 is 1.89. The average molecular weight is 221 g/mol. The van der Waals surface area contributed by atoms with E-state index in [0.717, 1.165) is 11.7 Å². The predicted molar refractivity (Wildman–Crippen MR) is 67.2 cm³/mol. The third kappa shape index (κ3) is 3.88. The smallest absolute Gasteiger partial charge is 0.0136 e. The van der Waals surface area contributed by atoms with E-state index in [4.69, 9.17) is 5.73 Å². The quantitative estimate of drug-likeness (QED) is 0.773. The number of aryl methyl sites for hydroxylation is 1. The lowest BCUT2D eigenvalue weighted by molar-refractivity contribution is 0.617. The molecule has 15 heavy (non-hydrogen) atoms. The van der Waals surface area contributed by atoms with Crippen LogP contribution in [0.25, 0.3) is 0 Å². The Kier molecular flexibility index (Phi) is 3.71. The summed E-state index contributed by atoms with van der Waals surface area (Å²) in [6.07, 6.45) is 4.03. The molecule has 0 aliphatic heterocycles. The van der Waals surface area contributed by atoms with Crippen LogP contribution >= 0.6 is 11.8 Å². The van der Waals surface area contributed by atoms with E-state index in [1.165, 1.54) is 29.7 Å². The minimum atomic E-state index is 0.378. The van der Waals surface area contributed by atoms with E-state index in [2.05, 4.69) is 31.2 Å². The lowest BCUT2D eigenvalue weighted by Gasteiger charge is -2.10. The summed E-state index contributed by atoms with van der Waals surface area (Å²) in [6, 6.07) is 9.02. The second-order valence-corrected chi connectivity index (χ2v) is 5.66. The van der Waals surface area contributed by atoms with E-state index in [0.29, 0.717) is 6.04 Å². The Hall–Kier alpha value is -0.470. The molecule has 1 unspecified atom stereocenters. The maximum absolute atomic E-state index is 6.08. The van der Waals surface area contributed by atoms with Gasteiger partial charge in [-0.15, -0.1) is 11.8 Å². The highest BCUT2D eigenvalue weighted by molar-refractivity contribution is 7.99. The second kappa shape index (κ2) is 5.04. The molecular weight excluding hydrogens is 202 g/mol. The van der Waals surface area contributed by atoms with E-state index in [-0.39, 0.29) is 0 Å². The van der Waals surface area contributed by atoms with E-state index in [1.807, 2.05) is 11.8 Å². The number of nitrogens with two attached hydrogens (primary N) is 1. The van der Waals surface area contributed by atoms with Crippen molar-refractivity contribution in [2.24, 2.45) is 11.7 Å². The average Bonchev–Trinajstić information content (AvgIpc) is 2.99. The first-order valence-electron chi connectivity index (χ1n) is 5.69. The van der Waals surface area contributed by atoms with Crippen LogP contribution in [0.2, 0.25) is 0 Å². The lowest BCUT2D eigenvalue weighted by Crippen LogP contribution is -2.23. The maximum atomic E-state index is 6.08. The van der Waals surface area contributed by atoms with Crippen molar-refractivity contribution >= 4 is 11.8 Å². The van der Waals surface area contributed by atoms with Gasteiger partial charge in [-0.05, 0) is 31.4 Å². The molecule has 1 saturated carbocycles. The normalized spacial score (nSPS) is 17.7. The fourth-order valence-corrected chi connectivity index (χ4v) is 2.74. The van der Waals surface area contributed by atoms with Crippen molar-refractivity contribution in [3.8, 4) is 0 Å². The predicted octanol–water partition coefficient (Wildman–Crippen LogP) is 3.21. The Labute approximate surface area is 96.4 Å². The third-order valence-electron chi connectivity index (χ3n) is 2.79. The van der Waals surface area contributed by atoms with E-state index in [1.54, 1.807) is 0 Å². The number of rotatable bonds is 5. The Morgan fingerprint density at radius 3 is 2.93 bits per heavy atom. The van der Waals surface area contributed by atoms with Gasteiger partial charge in [0.25, 0.3) is 0 Å². The molecule has 1 aliphatic carbocycles. The molecule has 2 heteroatoms. The summed E-state index contributed by atoms with van der Waals surface area (Å²) in [5.74, 6) is 2.00. The highest BCUT2D eigenvalue weighted by Gasteiger charge is 2.23. The largest absolute Gasteiger partial charge is 0.327 e. The molecule has 1 nitrogen and oxygen atoms in total. The zero-order valence-corrected chi connectivity index (χ0v) is 10.1. The molecule has 0 bridgehead atoms. The molecule has 1 aliphatic rings. The van der Waals surface area contributed by atoms with Crippen molar-refractivity contribution in [3.05, 3.63) is 29.8 Å². The van der Waals surface area contributed by atoms with Gasteiger partial charge in [0.15, 0.2) is 0 Å². The Balaban J connectivity index is 1.76. The third-order valence-corrected chi connectivity index (χ3v) is 3.97. The van der Waals surface area contributed by atoms with E-state index in [9.17, 15) is 0 Å². The topological polar surface area (TPSA) is 26.0 Å². The van der Waals surface area contributed by atoms with Crippen LogP contribution in [0.15, 0.2) is 29.2 Å². The Bertz CT molecular complexity index is 320. The van der Waals surface area contributed by atoms with Crippen LogP contribution < -0.4 is 5.73 Å². The number of thioether (sulfide) groups is 1. The van der Waals surface area contributed by atoms with Crippen molar-refractivity contribution in [1.82, 2.24) is 0 Å². The molecule has 0 heterocycles. The number of benzene rings is 1. The van der Waals surface area contributed by atoms with Gasteiger partial charge < -0.3 is 5.73 Å². The lowest BCUT2D eigenvalue weighted by atomic mass is 10.2. The number of hydrogen-bond acceptors (Lipinski definition) is 2. The molecule has 2 N–H and O–H groups in total. The second-order valence-electron chi connectivity index (χ2n) is 4.57.